The molecule has 0 fully saturated rings. The Morgan fingerprint density at radius 3 is 2.09 bits per heavy atom. The second-order valence-corrected chi connectivity index (χ2v) is 5.41. The highest BCUT2D eigenvalue weighted by atomic mass is 16.5. The minimum absolute atomic E-state index is 0.0781. The summed E-state index contributed by atoms with van der Waals surface area (Å²) in [6.07, 6.45) is 1.08. The van der Waals surface area contributed by atoms with Crippen LogP contribution in [0.5, 0.6) is 0 Å². The fraction of sp³-hybridized carbons (Fsp3) is 0.158. The van der Waals surface area contributed by atoms with Crippen LogP contribution in [0.4, 0.5) is 0 Å². The van der Waals surface area contributed by atoms with E-state index in [4.69, 9.17) is 9.84 Å². The van der Waals surface area contributed by atoms with Crippen molar-refractivity contribution >= 4 is 11.9 Å². The molecule has 116 valence electrons. The van der Waals surface area contributed by atoms with Crippen LogP contribution >= 0.6 is 0 Å². The van der Waals surface area contributed by atoms with E-state index in [-0.39, 0.29) is 12.5 Å². The van der Waals surface area contributed by atoms with Gasteiger partial charge in [-0.15, -0.1) is 6.58 Å². The summed E-state index contributed by atoms with van der Waals surface area (Å²) in [5.74, 6) is -3.45. The third-order valence-corrected chi connectivity index (χ3v) is 4.11. The van der Waals surface area contributed by atoms with Crippen LogP contribution in [0.3, 0.4) is 0 Å². The van der Waals surface area contributed by atoms with Gasteiger partial charge in [-0.2, -0.15) is 0 Å². The minimum atomic E-state index is -1.33. The molecule has 0 saturated heterocycles. The lowest BCUT2D eigenvalue weighted by molar-refractivity contribution is -0.156. The Labute approximate surface area is 134 Å². The Kier molecular flexibility index (Phi) is 3.98. The number of ether oxygens (including phenoxy) is 1. The van der Waals surface area contributed by atoms with Crippen molar-refractivity contribution in [2.24, 2.45) is 5.92 Å². The zero-order valence-electron chi connectivity index (χ0n) is 12.4. The highest BCUT2D eigenvalue weighted by molar-refractivity contribution is 5.96. The van der Waals surface area contributed by atoms with Gasteiger partial charge < -0.3 is 9.84 Å². The van der Waals surface area contributed by atoms with Gasteiger partial charge in [-0.05, 0) is 22.3 Å². The number of benzene rings is 2. The number of carboxylic acids is 1. The van der Waals surface area contributed by atoms with Crippen LogP contribution in [0.25, 0.3) is 11.1 Å². The molecule has 1 N–H and O–H groups in total. The number of carbonyl (C=O) groups excluding carboxylic acids is 1. The van der Waals surface area contributed by atoms with Crippen molar-refractivity contribution in [3.63, 3.8) is 0 Å². The number of fused-ring (bicyclic) bond motifs is 3. The highest BCUT2D eigenvalue weighted by Gasteiger charge is 2.31. The fourth-order valence-electron chi connectivity index (χ4n) is 2.99. The van der Waals surface area contributed by atoms with E-state index in [9.17, 15) is 9.59 Å². The van der Waals surface area contributed by atoms with Gasteiger partial charge in [0.05, 0.1) is 0 Å². The molecule has 0 amide bonds. The molecule has 0 saturated carbocycles. The van der Waals surface area contributed by atoms with Crippen LogP contribution in [0.15, 0.2) is 61.2 Å². The van der Waals surface area contributed by atoms with E-state index >= 15 is 0 Å². The number of hydrogen-bond acceptors (Lipinski definition) is 3. The molecule has 2 aromatic carbocycles. The van der Waals surface area contributed by atoms with E-state index in [1.54, 1.807) is 0 Å². The molecular formula is C19H16O4. The first-order chi connectivity index (χ1) is 11.1. The summed E-state index contributed by atoms with van der Waals surface area (Å²) in [5, 5.41) is 8.98. The molecule has 0 aromatic heterocycles. The molecule has 0 heterocycles. The fourth-order valence-corrected chi connectivity index (χ4v) is 2.99. The monoisotopic (exact) mass is 308 g/mol. The van der Waals surface area contributed by atoms with Crippen molar-refractivity contribution in [1.29, 1.82) is 0 Å². The van der Waals surface area contributed by atoms with E-state index in [1.807, 2.05) is 48.5 Å². The Morgan fingerprint density at radius 2 is 1.61 bits per heavy atom. The van der Waals surface area contributed by atoms with E-state index in [1.165, 1.54) is 0 Å². The lowest BCUT2D eigenvalue weighted by Gasteiger charge is -2.15. The first kappa shape index (κ1) is 15.0. The van der Waals surface area contributed by atoms with Gasteiger partial charge in [0, 0.05) is 5.92 Å². The van der Waals surface area contributed by atoms with E-state index in [2.05, 4.69) is 6.58 Å². The van der Waals surface area contributed by atoms with Crippen molar-refractivity contribution in [3.05, 3.63) is 72.3 Å². The number of carboxylic acid groups (broad SMARTS) is 1. The summed E-state index contributed by atoms with van der Waals surface area (Å²) in [6, 6.07) is 15.9. The van der Waals surface area contributed by atoms with Gasteiger partial charge in [0.15, 0.2) is 5.92 Å². The molecule has 0 radical (unpaired) electrons. The lowest BCUT2D eigenvalue weighted by Crippen LogP contribution is -2.25. The van der Waals surface area contributed by atoms with Crippen molar-refractivity contribution in [2.75, 3.05) is 6.61 Å². The molecular weight excluding hydrogens is 292 g/mol. The second-order valence-electron chi connectivity index (χ2n) is 5.41. The average Bonchev–Trinajstić information content (AvgIpc) is 2.87. The summed E-state index contributed by atoms with van der Waals surface area (Å²) in [7, 11) is 0. The smallest absolute Gasteiger partial charge is 0.324 e. The van der Waals surface area contributed by atoms with Gasteiger partial charge in [-0.3, -0.25) is 9.59 Å². The third-order valence-electron chi connectivity index (χ3n) is 4.11. The Hall–Kier alpha value is -2.88. The summed E-state index contributed by atoms with van der Waals surface area (Å²) in [6.45, 7) is 3.49. The molecule has 1 aliphatic carbocycles. The second kappa shape index (κ2) is 6.08. The van der Waals surface area contributed by atoms with Crippen molar-refractivity contribution in [1.82, 2.24) is 0 Å². The molecule has 0 spiro atoms. The van der Waals surface area contributed by atoms with Crippen molar-refractivity contribution in [2.45, 2.75) is 5.92 Å². The summed E-state index contributed by atoms with van der Waals surface area (Å²) >= 11 is 0. The maximum absolute atomic E-state index is 11.9. The first-order valence-electron chi connectivity index (χ1n) is 7.33. The Balaban J connectivity index is 1.85. The van der Waals surface area contributed by atoms with E-state index in [0.717, 1.165) is 28.3 Å². The molecule has 1 aliphatic rings. The number of aliphatic carboxylic acids is 1. The molecule has 0 bridgehead atoms. The molecule has 23 heavy (non-hydrogen) atoms. The van der Waals surface area contributed by atoms with Gasteiger partial charge in [0.25, 0.3) is 0 Å². The maximum Gasteiger partial charge on any atom is 0.324 e. The van der Waals surface area contributed by atoms with E-state index in [0.29, 0.717) is 0 Å². The molecule has 1 atom stereocenters. The number of rotatable bonds is 5. The maximum atomic E-state index is 11.9. The summed E-state index contributed by atoms with van der Waals surface area (Å²) in [5.41, 5.74) is 4.43. The molecule has 2 aromatic rings. The van der Waals surface area contributed by atoms with Crippen LogP contribution < -0.4 is 0 Å². The predicted octanol–water partition coefficient (Wildman–Crippen LogP) is 3.23. The van der Waals surface area contributed by atoms with Crippen LogP contribution in [-0.2, 0) is 14.3 Å². The largest absolute Gasteiger partial charge is 0.480 e. The van der Waals surface area contributed by atoms with Crippen LogP contribution in [0.1, 0.15) is 17.0 Å². The lowest BCUT2D eigenvalue weighted by atomic mass is 9.98. The average molecular weight is 308 g/mol. The molecule has 4 nitrogen and oxygen atoms in total. The SMILES string of the molecule is C=CC(C(=O)O)C(=O)OCC1c2ccccc2-c2ccccc21. The highest BCUT2D eigenvalue weighted by Crippen LogP contribution is 2.44. The zero-order valence-corrected chi connectivity index (χ0v) is 12.4. The topological polar surface area (TPSA) is 63.6 Å². The number of carbonyl (C=O) groups is 2. The molecule has 1 unspecified atom stereocenters. The predicted molar refractivity (Wildman–Crippen MR) is 86.0 cm³/mol. The zero-order chi connectivity index (χ0) is 16.4. The Morgan fingerprint density at radius 1 is 1.09 bits per heavy atom. The Bertz CT molecular complexity index is 733. The normalized spacial score (nSPS) is 13.7. The van der Waals surface area contributed by atoms with Gasteiger partial charge >= 0.3 is 11.9 Å². The molecule has 0 aliphatic heterocycles. The third kappa shape index (κ3) is 2.63. The van der Waals surface area contributed by atoms with Gasteiger partial charge in [-0.1, -0.05) is 54.6 Å². The summed E-state index contributed by atoms with van der Waals surface area (Å²) in [4.78, 5) is 22.9. The van der Waals surface area contributed by atoms with Crippen LogP contribution in [0.2, 0.25) is 0 Å². The van der Waals surface area contributed by atoms with Crippen LogP contribution in [0, 0.1) is 5.92 Å². The molecule has 3 rings (SSSR count). The van der Waals surface area contributed by atoms with Gasteiger partial charge in [-0.25, -0.2) is 0 Å². The standard InChI is InChI=1S/C19H16O4/c1-2-12(18(20)21)19(22)23-11-17-15-9-5-3-7-13(15)14-8-4-6-10-16(14)17/h2-10,12,17H,1,11H2,(H,20,21). The van der Waals surface area contributed by atoms with Crippen molar-refractivity contribution in [3.8, 4) is 11.1 Å². The molecule has 4 heteroatoms. The first-order valence-corrected chi connectivity index (χ1v) is 7.33. The number of esters is 1. The minimum Gasteiger partial charge on any atom is -0.480 e. The summed E-state index contributed by atoms with van der Waals surface area (Å²) < 4.78 is 5.26. The van der Waals surface area contributed by atoms with Gasteiger partial charge in [0.1, 0.15) is 6.61 Å². The van der Waals surface area contributed by atoms with Crippen LogP contribution in [-0.4, -0.2) is 23.7 Å². The number of hydrogen-bond donors (Lipinski definition) is 1. The van der Waals surface area contributed by atoms with Gasteiger partial charge in [0.2, 0.25) is 0 Å². The van der Waals surface area contributed by atoms with E-state index < -0.39 is 17.9 Å². The quantitative estimate of drug-likeness (QED) is 0.523. The van der Waals surface area contributed by atoms with Crippen molar-refractivity contribution < 1.29 is 19.4 Å².